The number of furan rings is 1. The lowest BCUT2D eigenvalue weighted by atomic mass is 10.2. The Morgan fingerprint density at radius 1 is 0.933 bits per heavy atom. The number of hydrogen-bond donors (Lipinski definition) is 0. The highest BCUT2D eigenvalue weighted by atomic mass is 19.4. The van der Waals surface area contributed by atoms with Gasteiger partial charge in [-0.15, -0.1) is 0 Å². The second-order valence-electron chi connectivity index (χ2n) is 6.85. The molecule has 0 spiro atoms. The molecule has 0 N–H and O–H groups in total. The van der Waals surface area contributed by atoms with Crippen LogP contribution in [0.4, 0.5) is 23.4 Å². The Kier molecular flexibility index (Phi) is 5.19. The normalized spacial score (nSPS) is 14.8. The van der Waals surface area contributed by atoms with Crippen LogP contribution in [0.2, 0.25) is 0 Å². The first kappa shape index (κ1) is 19.9. The van der Waals surface area contributed by atoms with Gasteiger partial charge < -0.3 is 14.2 Å². The second-order valence-corrected chi connectivity index (χ2v) is 6.85. The molecule has 1 amide bonds. The molecule has 1 aromatic carbocycles. The molecule has 0 aliphatic carbocycles. The zero-order valence-electron chi connectivity index (χ0n) is 15.7. The van der Waals surface area contributed by atoms with E-state index < -0.39 is 11.7 Å². The number of anilines is 1. The monoisotopic (exact) mass is 419 g/mol. The number of pyridine rings is 1. The lowest BCUT2D eigenvalue weighted by Gasteiger charge is -2.35. The third-order valence-corrected chi connectivity index (χ3v) is 4.91. The number of alkyl halides is 3. The number of carbonyl (C=O) groups is 1. The number of nitrogens with zero attached hydrogens (tertiary/aromatic N) is 3. The van der Waals surface area contributed by atoms with Crippen LogP contribution >= 0.6 is 0 Å². The summed E-state index contributed by atoms with van der Waals surface area (Å²) < 4.78 is 56.7. The zero-order chi connectivity index (χ0) is 21.3. The van der Waals surface area contributed by atoms with Crippen LogP contribution in [0.1, 0.15) is 16.1 Å². The summed E-state index contributed by atoms with van der Waals surface area (Å²) in [4.78, 5) is 20.1. The summed E-state index contributed by atoms with van der Waals surface area (Å²) in [6, 6.07) is 11.3. The lowest BCUT2D eigenvalue weighted by Crippen LogP contribution is -2.49. The van der Waals surface area contributed by atoms with Crippen molar-refractivity contribution in [3.05, 3.63) is 71.9 Å². The molecule has 3 heterocycles. The Hall–Kier alpha value is -3.36. The minimum Gasteiger partial charge on any atom is -0.451 e. The molecule has 5 nitrogen and oxygen atoms in total. The van der Waals surface area contributed by atoms with E-state index in [1.807, 2.05) is 4.90 Å². The minimum absolute atomic E-state index is 0.176. The molecular formula is C21H17F4N3O2. The SMILES string of the molecule is O=C(c1ccc(-c2ccc(F)cc2)o1)N1CCN(c2ccc(C(F)(F)F)cn2)CC1. The summed E-state index contributed by atoms with van der Waals surface area (Å²) in [6.45, 7) is 1.65. The van der Waals surface area contributed by atoms with Gasteiger partial charge >= 0.3 is 6.18 Å². The number of carbonyl (C=O) groups excluding carboxylic acids is 1. The van der Waals surface area contributed by atoms with Crippen LogP contribution in [0, 0.1) is 5.82 Å². The maximum atomic E-state index is 13.1. The van der Waals surface area contributed by atoms with Crippen molar-refractivity contribution >= 4 is 11.7 Å². The quantitative estimate of drug-likeness (QED) is 0.588. The Morgan fingerprint density at radius 2 is 1.63 bits per heavy atom. The van der Waals surface area contributed by atoms with E-state index in [1.165, 1.54) is 18.2 Å². The summed E-state index contributed by atoms with van der Waals surface area (Å²) in [7, 11) is 0. The number of amides is 1. The van der Waals surface area contributed by atoms with Crippen molar-refractivity contribution in [1.29, 1.82) is 0 Å². The first-order valence-electron chi connectivity index (χ1n) is 9.24. The Balaban J connectivity index is 1.38. The van der Waals surface area contributed by atoms with Gasteiger partial charge in [-0.2, -0.15) is 13.2 Å². The van der Waals surface area contributed by atoms with Crippen molar-refractivity contribution in [2.75, 3.05) is 31.1 Å². The summed E-state index contributed by atoms with van der Waals surface area (Å²) in [6.07, 6.45) is -3.61. The van der Waals surface area contributed by atoms with Gasteiger partial charge in [-0.1, -0.05) is 0 Å². The molecule has 1 fully saturated rings. The van der Waals surface area contributed by atoms with Crippen LogP contribution < -0.4 is 4.90 Å². The molecule has 3 aromatic rings. The third kappa shape index (κ3) is 4.14. The summed E-state index contributed by atoms with van der Waals surface area (Å²) in [5.74, 6) is 0.443. The average Bonchev–Trinajstić information content (AvgIpc) is 3.24. The van der Waals surface area contributed by atoms with E-state index in [0.717, 1.165) is 12.3 Å². The van der Waals surface area contributed by atoms with Gasteiger partial charge in [-0.05, 0) is 48.5 Å². The summed E-state index contributed by atoms with van der Waals surface area (Å²) in [5.41, 5.74) is -0.136. The van der Waals surface area contributed by atoms with Crippen molar-refractivity contribution in [1.82, 2.24) is 9.88 Å². The lowest BCUT2D eigenvalue weighted by molar-refractivity contribution is -0.137. The fraction of sp³-hybridized carbons (Fsp3) is 0.238. The maximum absolute atomic E-state index is 13.1. The van der Waals surface area contributed by atoms with Gasteiger partial charge in [0.15, 0.2) is 5.76 Å². The van der Waals surface area contributed by atoms with Gasteiger partial charge in [0.25, 0.3) is 5.91 Å². The number of halogens is 4. The number of rotatable bonds is 3. The molecule has 0 unspecified atom stereocenters. The zero-order valence-corrected chi connectivity index (χ0v) is 15.7. The molecule has 30 heavy (non-hydrogen) atoms. The van der Waals surface area contributed by atoms with Crippen molar-refractivity contribution in [2.24, 2.45) is 0 Å². The van der Waals surface area contributed by atoms with Crippen LogP contribution in [0.5, 0.6) is 0 Å². The van der Waals surface area contributed by atoms with Crippen LogP contribution in [-0.2, 0) is 6.18 Å². The molecule has 0 saturated carbocycles. The molecule has 0 radical (unpaired) electrons. The summed E-state index contributed by atoms with van der Waals surface area (Å²) in [5, 5.41) is 0. The Morgan fingerprint density at radius 3 is 2.23 bits per heavy atom. The standard InChI is InChI=1S/C21H17F4N3O2/c22-16-4-1-14(2-5-16)17-6-7-18(30-17)20(29)28-11-9-27(10-12-28)19-8-3-15(13-26-19)21(23,24)25/h1-8,13H,9-12H2. The van der Waals surface area contributed by atoms with E-state index in [9.17, 15) is 22.4 Å². The highest BCUT2D eigenvalue weighted by molar-refractivity contribution is 5.92. The van der Waals surface area contributed by atoms with Crippen molar-refractivity contribution in [3.63, 3.8) is 0 Å². The van der Waals surface area contributed by atoms with E-state index >= 15 is 0 Å². The molecule has 9 heteroatoms. The van der Waals surface area contributed by atoms with E-state index in [-0.39, 0.29) is 17.5 Å². The topological polar surface area (TPSA) is 49.6 Å². The minimum atomic E-state index is -4.42. The highest BCUT2D eigenvalue weighted by Gasteiger charge is 2.31. The summed E-state index contributed by atoms with van der Waals surface area (Å²) >= 11 is 0. The second kappa shape index (κ2) is 7.81. The Bertz CT molecular complexity index is 1020. The Labute approximate surface area is 169 Å². The van der Waals surface area contributed by atoms with Crippen molar-refractivity contribution in [3.8, 4) is 11.3 Å². The number of hydrogen-bond acceptors (Lipinski definition) is 4. The predicted octanol–water partition coefficient (Wildman–Crippen LogP) is 4.46. The fourth-order valence-corrected chi connectivity index (χ4v) is 3.26. The first-order chi connectivity index (χ1) is 14.3. The fourth-order valence-electron chi connectivity index (χ4n) is 3.26. The third-order valence-electron chi connectivity index (χ3n) is 4.91. The van der Waals surface area contributed by atoms with Gasteiger partial charge in [0.1, 0.15) is 17.4 Å². The largest absolute Gasteiger partial charge is 0.451 e. The van der Waals surface area contributed by atoms with E-state index in [2.05, 4.69) is 4.98 Å². The van der Waals surface area contributed by atoms with Crippen LogP contribution in [-0.4, -0.2) is 42.0 Å². The van der Waals surface area contributed by atoms with Gasteiger partial charge in [0.05, 0.1) is 5.56 Å². The molecule has 1 saturated heterocycles. The maximum Gasteiger partial charge on any atom is 0.417 e. The average molecular weight is 419 g/mol. The highest BCUT2D eigenvalue weighted by Crippen LogP contribution is 2.29. The van der Waals surface area contributed by atoms with Gasteiger partial charge in [-0.3, -0.25) is 4.79 Å². The van der Waals surface area contributed by atoms with Gasteiger partial charge in [0.2, 0.25) is 0 Å². The number of aromatic nitrogens is 1. The van der Waals surface area contributed by atoms with Gasteiger partial charge in [-0.25, -0.2) is 9.37 Å². The molecule has 0 bridgehead atoms. The molecule has 4 rings (SSSR count). The molecule has 1 aliphatic heterocycles. The first-order valence-corrected chi connectivity index (χ1v) is 9.24. The van der Waals surface area contributed by atoms with E-state index in [1.54, 1.807) is 29.2 Å². The van der Waals surface area contributed by atoms with Crippen molar-refractivity contribution < 1.29 is 26.8 Å². The van der Waals surface area contributed by atoms with Crippen LogP contribution in [0.3, 0.4) is 0 Å². The smallest absolute Gasteiger partial charge is 0.417 e. The van der Waals surface area contributed by atoms with Crippen molar-refractivity contribution in [2.45, 2.75) is 6.18 Å². The molecule has 156 valence electrons. The molecule has 1 aliphatic rings. The van der Waals surface area contributed by atoms with Gasteiger partial charge in [0, 0.05) is 37.9 Å². The van der Waals surface area contributed by atoms with Crippen LogP contribution in [0.25, 0.3) is 11.3 Å². The molecule has 2 aromatic heterocycles. The molecular weight excluding hydrogens is 402 g/mol. The predicted molar refractivity (Wildman–Crippen MR) is 101 cm³/mol. The number of piperazine rings is 1. The number of benzene rings is 1. The van der Waals surface area contributed by atoms with Crippen LogP contribution in [0.15, 0.2) is 59.1 Å². The van der Waals surface area contributed by atoms with E-state index in [4.69, 9.17) is 4.42 Å². The molecule has 0 atom stereocenters. The van der Waals surface area contributed by atoms with E-state index in [0.29, 0.717) is 43.3 Å².